The molecule has 0 amide bonds. The van der Waals surface area contributed by atoms with Gasteiger partial charge in [0.2, 0.25) is 0 Å². The summed E-state index contributed by atoms with van der Waals surface area (Å²) in [6.45, 7) is 0. The first-order valence-corrected chi connectivity index (χ1v) is 16.0. The van der Waals surface area contributed by atoms with Crippen LogP contribution < -0.4 is 3.78 Å². The van der Waals surface area contributed by atoms with Crippen molar-refractivity contribution in [1.82, 2.24) is 0 Å². The molecular formula is C15H16OSn. The molecule has 1 nitrogen and oxygen atoms in total. The van der Waals surface area contributed by atoms with Crippen LogP contribution in [0.15, 0.2) is 46.9 Å². The zero-order valence-corrected chi connectivity index (χ0v) is 13.3. The zero-order chi connectivity index (χ0) is 12.0. The SMILES string of the molecule is [CH3][Sn]([CH3])([CH3])[c]1cc2cc3ccccc3cc2o1. The molecule has 0 fully saturated rings. The Hall–Kier alpha value is -0.961. The molecular weight excluding hydrogens is 315 g/mol. The number of rotatable bonds is 1. The number of furan rings is 1. The molecule has 1 aromatic heterocycles. The number of hydrogen-bond acceptors (Lipinski definition) is 1. The molecule has 3 rings (SSSR count). The van der Waals surface area contributed by atoms with Crippen LogP contribution >= 0.6 is 0 Å². The van der Waals surface area contributed by atoms with Gasteiger partial charge in [0.1, 0.15) is 0 Å². The molecule has 0 saturated heterocycles. The van der Waals surface area contributed by atoms with Crippen LogP contribution in [0.2, 0.25) is 14.8 Å². The number of hydrogen-bond donors (Lipinski definition) is 0. The van der Waals surface area contributed by atoms with Gasteiger partial charge < -0.3 is 0 Å². The maximum atomic E-state index is 6.03. The summed E-state index contributed by atoms with van der Waals surface area (Å²) >= 11 is -2.09. The summed E-state index contributed by atoms with van der Waals surface area (Å²) in [6, 6.07) is 15.1. The van der Waals surface area contributed by atoms with E-state index in [4.69, 9.17) is 4.42 Å². The monoisotopic (exact) mass is 332 g/mol. The van der Waals surface area contributed by atoms with Crippen molar-refractivity contribution in [3.63, 3.8) is 0 Å². The summed E-state index contributed by atoms with van der Waals surface area (Å²) in [7, 11) is 0. The molecule has 0 radical (unpaired) electrons. The minimum absolute atomic E-state index is 1.03. The third kappa shape index (κ3) is 1.97. The Labute approximate surface area is 105 Å². The zero-order valence-electron chi connectivity index (χ0n) is 10.4. The van der Waals surface area contributed by atoms with Gasteiger partial charge in [0.15, 0.2) is 0 Å². The van der Waals surface area contributed by atoms with Crippen LogP contribution in [0.1, 0.15) is 0 Å². The van der Waals surface area contributed by atoms with Crippen LogP contribution in [-0.4, -0.2) is 18.4 Å². The van der Waals surface area contributed by atoms with E-state index in [1.165, 1.54) is 19.9 Å². The predicted molar refractivity (Wildman–Crippen MR) is 76.7 cm³/mol. The molecule has 0 aliphatic rings. The molecule has 17 heavy (non-hydrogen) atoms. The van der Waals surface area contributed by atoms with E-state index in [2.05, 4.69) is 57.3 Å². The molecule has 0 spiro atoms. The van der Waals surface area contributed by atoms with Gasteiger partial charge in [-0.3, -0.25) is 0 Å². The second kappa shape index (κ2) is 3.77. The van der Waals surface area contributed by atoms with Crippen molar-refractivity contribution in [1.29, 1.82) is 0 Å². The van der Waals surface area contributed by atoms with Crippen molar-refractivity contribution in [3.05, 3.63) is 42.5 Å². The van der Waals surface area contributed by atoms with Gasteiger partial charge in [-0.25, -0.2) is 0 Å². The molecule has 1 heterocycles. The summed E-state index contributed by atoms with van der Waals surface area (Å²) < 4.78 is 7.29. The van der Waals surface area contributed by atoms with Crippen LogP contribution in [0.4, 0.5) is 0 Å². The van der Waals surface area contributed by atoms with Gasteiger partial charge in [-0.2, -0.15) is 0 Å². The Kier molecular flexibility index (Phi) is 2.47. The molecule has 0 N–H and O–H groups in total. The Morgan fingerprint density at radius 2 is 1.47 bits per heavy atom. The molecule has 0 atom stereocenters. The fraction of sp³-hybridized carbons (Fsp3) is 0.200. The third-order valence-corrected chi connectivity index (χ3v) is 8.05. The quantitative estimate of drug-likeness (QED) is 0.611. The van der Waals surface area contributed by atoms with E-state index < -0.39 is 18.4 Å². The van der Waals surface area contributed by atoms with Gasteiger partial charge in [0.05, 0.1) is 0 Å². The summed E-state index contributed by atoms with van der Waals surface area (Å²) in [6.07, 6.45) is 0. The minimum atomic E-state index is -2.09. The van der Waals surface area contributed by atoms with E-state index >= 15 is 0 Å². The fourth-order valence-electron chi connectivity index (χ4n) is 2.10. The normalized spacial score (nSPS) is 12.4. The fourth-order valence-corrected chi connectivity index (χ4v) is 4.96. The van der Waals surface area contributed by atoms with Gasteiger partial charge in [0.25, 0.3) is 0 Å². The molecule has 0 aliphatic carbocycles. The second-order valence-electron chi connectivity index (χ2n) is 5.60. The Balaban J connectivity index is 2.32. The Morgan fingerprint density at radius 3 is 2.12 bits per heavy atom. The van der Waals surface area contributed by atoms with Gasteiger partial charge in [0, 0.05) is 0 Å². The van der Waals surface area contributed by atoms with E-state index in [0.29, 0.717) is 0 Å². The first-order valence-electron chi connectivity index (χ1n) is 5.97. The molecule has 0 aliphatic heterocycles. The molecule has 0 unspecified atom stereocenters. The second-order valence-corrected chi connectivity index (χ2v) is 19.8. The van der Waals surface area contributed by atoms with Gasteiger partial charge in [-0.1, -0.05) is 0 Å². The molecule has 2 heteroatoms. The van der Waals surface area contributed by atoms with Gasteiger partial charge in [-0.05, 0) is 0 Å². The van der Waals surface area contributed by atoms with Crippen LogP contribution in [0.3, 0.4) is 0 Å². The maximum absolute atomic E-state index is 6.03. The van der Waals surface area contributed by atoms with E-state index in [9.17, 15) is 0 Å². The summed E-state index contributed by atoms with van der Waals surface area (Å²) in [4.78, 5) is 7.14. The third-order valence-electron chi connectivity index (χ3n) is 3.12. The molecule has 3 aromatic rings. The van der Waals surface area contributed by atoms with Crippen molar-refractivity contribution in [2.24, 2.45) is 0 Å². The molecule has 86 valence electrons. The van der Waals surface area contributed by atoms with Gasteiger partial charge >= 0.3 is 106 Å². The van der Waals surface area contributed by atoms with Crippen molar-refractivity contribution >= 4 is 43.9 Å². The summed E-state index contributed by atoms with van der Waals surface area (Å²) in [5.41, 5.74) is 1.03. The summed E-state index contributed by atoms with van der Waals surface area (Å²) in [5, 5.41) is 3.78. The number of benzene rings is 2. The van der Waals surface area contributed by atoms with Crippen LogP contribution in [-0.2, 0) is 0 Å². The Morgan fingerprint density at radius 1 is 0.824 bits per heavy atom. The van der Waals surface area contributed by atoms with E-state index in [0.717, 1.165) is 5.58 Å². The standard InChI is InChI=1S/C12H7O.3CH3.Sn/c1-2-4-10-8-12-11(5-6-13-12)7-9(10)3-1;;;;/h1-5,7-8H;3*1H3;. The van der Waals surface area contributed by atoms with Crippen LogP contribution in [0, 0.1) is 0 Å². The Bertz CT molecular complexity index is 636. The van der Waals surface area contributed by atoms with Crippen LogP contribution in [0.25, 0.3) is 21.7 Å². The molecule has 2 aromatic carbocycles. The average molecular weight is 331 g/mol. The molecule has 0 bridgehead atoms. The predicted octanol–water partition coefficient (Wildman–Crippen LogP) is 4.13. The van der Waals surface area contributed by atoms with E-state index in [1.807, 2.05) is 0 Å². The van der Waals surface area contributed by atoms with Crippen molar-refractivity contribution < 1.29 is 4.42 Å². The first-order chi connectivity index (χ1) is 8.04. The summed E-state index contributed by atoms with van der Waals surface area (Å²) in [5.74, 6) is 0. The van der Waals surface area contributed by atoms with E-state index in [1.54, 1.807) is 0 Å². The average Bonchev–Trinajstić information content (AvgIpc) is 2.68. The van der Waals surface area contributed by atoms with Crippen molar-refractivity contribution in [2.75, 3.05) is 0 Å². The molecule has 0 saturated carbocycles. The number of fused-ring (bicyclic) bond motifs is 2. The topological polar surface area (TPSA) is 13.1 Å². The first kappa shape index (κ1) is 11.1. The van der Waals surface area contributed by atoms with E-state index in [-0.39, 0.29) is 0 Å². The van der Waals surface area contributed by atoms with Crippen LogP contribution in [0.5, 0.6) is 0 Å². The van der Waals surface area contributed by atoms with Crippen molar-refractivity contribution in [3.8, 4) is 0 Å². The van der Waals surface area contributed by atoms with Crippen molar-refractivity contribution in [2.45, 2.75) is 14.8 Å². The van der Waals surface area contributed by atoms with Gasteiger partial charge in [-0.15, -0.1) is 0 Å².